The van der Waals surface area contributed by atoms with Crippen molar-refractivity contribution in [1.29, 1.82) is 0 Å². The third-order valence-corrected chi connectivity index (χ3v) is 3.58. The smallest absolute Gasteiger partial charge is 0.150 e. The molecule has 0 aliphatic rings. The number of halogens is 1. The average Bonchev–Trinajstić information content (AvgIpc) is 2.63. The van der Waals surface area contributed by atoms with Crippen molar-refractivity contribution >= 4 is 23.1 Å². The maximum Gasteiger partial charge on any atom is 0.150 e. The monoisotopic (exact) mass is 347 g/mol. The molecule has 3 heteroatoms. The van der Waals surface area contributed by atoms with E-state index in [1.165, 1.54) is 25.0 Å². The molecule has 0 radical (unpaired) electrons. The SMILES string of the molecule is CCCCCC#Cc1ccc(C#Cc2ccc(N=C=S)c(F)c2)cc1. The Morgan fingerprint density at radius 2 is 1.56 bits per heavy atom. The van der Waals surface area contributed by atoms with Gasteiger partial charge < -0.3 is 0 Å². The van der Waals surface area contributed by atoms with Crippen LogP contribution in [0.25, 0.3) is 0 Å². The third kappa shape index (κ3) is 6.36. The summed E-state index contributed by atoms with van der Waals surface area (Å²) in [5, 5.41) is 2.15. The molecule has 25 heavy (non-hydrogen) atoms. The fraction of sp³-hybridized carbons (Fsp3) is 0.227. The van der Waals surface area contributed by atoms with Crippen LogP contribution in [0.2, 0.25) is 0 Å². The van der Waals surface area contributed by atoms with Crippen LogP contribution in [0.1, 0.15) is 49.3 Å². The zero-order valence-corrected chi connectivity index (χ0v) is 14.9. The Morgan fingerprint density at radius 3 is 2.20 bits per heavy atom. The second-order valence-electron chi connectivity index (χ2n) is 5.46. The molecule has 124 valence electrons. The van der Waals surface area contributed by atoms with Crippen LogP contribution in [-0.4, -0.2) is 5.16 Å². The second-order valence-corrected chi connectivity index (χ2v) is 5.64. The molecule has 0 aromatic heterocycles. The van der Waals surface area contributed by atoms with Crippen molar-refractivity contribution in [2.75, 3.05) is 0 Å². The Morgan fingerprint density at radius 1 is 0.920 bits per heavy atom. The predicted molar refractivity (Wildman–Crippen MR) is 105 cm³/mol. The lowest BCUT2D eigenvalue weighted by Gasteiger charge is -1.96. The van der Waals surface area contributed by atoms with E-state index in [-0.39, 0.29) is 5.69 Å². The van der Waals surface area contributed by atoms with E-state index in [0.29, 0.717) is 5.56 Å². The molecule has 0 aliphatic heterocycles. The largest absolute Gasteiger partial charge is 0.205 e. The summed E-state index contributed by atoms with van der Waals surface area (Å²) in [6.07, 6.45) is 4.52. The number of thiocarbonyl (C=S) groups is 1. The van der Waals surface area contributed by atoms with Crippen LogP contribution >= 0.6 is 12.2 Å². The molecular formula is C22H18FNS. The van der Waals surface area contributed by atoms with Crippen LogP contribution in [0.4, 0.5) is 10.1 Å². The van der Waals surface area contributed by atoms with Gasteiger partial charge >= 0.3 is 0 Å². The van der Waals surface area contributed by atoms with Crippen molar-refractivity contribution in [2.24, 2.45) is 4.99 Å². The summed E-state index contributed by atoms with van der Waals surface area (Å²) in [5.74, 6) is 11.8. The Bertz CT molecular complexity index is 886. The molecule has 0 heterocycles. The van der Waals surface area contributed by atoms with Crippen LogP contribution < -0.4 is 0 Å². The van der Waals surface area contributed by atoms with Gasteiger partial charge in [-0.3, -0.25) is 0 Å². The highest BCUT2D eigenvalue weighted by Crippen LogP contribution is 2.17. The van der Waals surface area contributed by atoms with Crippen LogP contribution in [0.5, 0.6) is 0 Å². The fourth-order valence-electron chi connectivity index (χ4n) is 2.13. The normalized spacial score (nSPS) is 9.20. The standard InChI is InChI=1S/C22H18FNS/c1-2-3-4-5-6-7-18-8-10-19(11-9-18)12-13-20-14-15-22(24-17-25)21(23)16-20/h8-11,14-16H,2-5H2,1H3. The van der Waals surface area contributed by atoms with E-state index in [9.17, 15) is 4.39 Å². The molecule has 0 saturated heterocycles. The first-order valence-electron chi connectivity index (χ1n) is 8.21. The zero-order valence-electron chi connectivity index (χ0n) is 14.1. The van der Waals surface area contributed by atoms with Crippen molar-refractivity contribution in [3.63, 3.8) is 0 Å². The molecule has 1 nitrogen and oxygen atoms in total. The number of nitrogens with zero attached hydrogens (tertiary/aromatic N) is 1. The third-order valence-electron chi connectivity index (χ3n) is 3.49. The minimum Gasteiger partial charge on any atom is -0.205 e. The number of hydrogen-bond donors (Lipinski definition) is 0. The van der Waals surface area contributed by atoms with E-state index in [0.717, 1.165) is 24.0 Å². The molecule has 0 saturated carbocycles. The molecule has 0 N–H and O–H groups in total. The Balaban J connectivity index is 2.03. The van der Waals surface area contributed by atoms with Gasteiger partial charge in [0.2, 0.25) is 0 Å². The molecule has 0 amide bonds. The number of rotatable bonds is 4. The highest BCUT2D eigenvalue weighted by atomic mass is 32.1. The molecule has 0 spiro atoms. The maximum absolute atomic E-state index is 13.7. The number of isothiocyanates is 1. The van der Waals surface area contributed by atoms with Gasteiger partial charge in [0.15, 0.2) is 5.82 Å². The van der Waals surface area contributed by atoms with Crippen LogP contribution in [-0.2, 0) is 0 Å². The summed E-state index contributed by atoms with van der Waals surface area (Å²) in [5.41, 5.74) is 2.59. The van der Waals surface area contributed by atoms with Crippen molar-refractivity contribution < 1.29 is 4.39 Å². The lowest BCUT2D eigenvalue weighted by molar-refractivity contribution is 0.629. The van der Waals surface area contributed by atoms with Crippen LogP contribution in [0.3, 0.4) is 0 Å². The minimum atomic E-state index is -0.460. The summed E-state index contributed by atoms with van der Waals surface area (Å²) in [4.78, 5) is 3.64. The Labute approximate surface area is 154 Å². The maximum atomic E-state index is 13.7. The van der Waals surface area contributed by atoms with Crippen molar-refractivity contribution in [2.45, 2.75) is 32.6 Å². The van der Waals surface area contributed by atoms with E-state index in [4.69, 9.17) is 0 Å². The first-order valence-corrected chi connectivity index (χ1v) is 8.62. The fourth-order valence-corrected chi connectivity index (χ4v) is 2.23. The lowest BCUT2D eigenvalue weighted by Crippen LogP contribution is -1.81. The Hall–Kier alpha value is -2.71. The predicted octanol–water partition coefficient (Wildman–Crippen LogP) is 5.89. The van der Waals surface area contributed by atoms with Crippen LogP contribution in [0.15, 0.2) is 47.5 Å². The summed E-state index contributed by atoms with van der Waals surface area (Å²) in [6.45, 7) is 2.18. The quantitative estimate of drug-likeness (QED) is 0.291. The van der Waals surface area contributed by atoms with E-state index in [1.54, 1.807) is 6.07 Å². The molecule has 0 unspecified atom stereocenters. The second kappa shape index (κ2) is 10.2. The number of benzene rings is 2. The van der Waals surface area contributed by atoms with Gasteiger partial charge in [0.1, 0.15) is 5.69 Å². The molecule has 0 fully saturated rings. The average molecular weight is 347 g/mol. The molecule has 0 bridgehead atoms. The van der Waals surface area contributed by atoms with Gasteiger partial charge in [0.25, 0.3) is 0 Å². The lowest BCUT2D eigenvalue weighted by atomic mass is 10.1. The van der Waals surface area contributed by atoms with Gasteiger partial charge in [-0.2, -0.15) is 4.99 Å². The number of unbranched alkanes of at least 4 members (excludes halogenated alkanes) is 3. The van der Waals surface area contributed by atoms with Crippen molar-refractivity contribution in [3.8, 4) is 23.7 Å². The molecule has 2 aromatic carbocycles. The van der Waals surface area contributed by atoms with Gasteiger partial charge in [-0.05, 0) is 61.1 Å². The first kappa shape index (κ1) is 18.6. The van der Waals surface area contributed by atoms with E-state index < -0.39 is 5.82 Å². The summed E-state index contributed by atoms with van der Waals surface area (Å²) >= 11 is 4.48. The van der Waals surface area contributed by atoms with Gasteiger partial charge in [-0.1, -0.05) is 43.4 Å². The Kier molecular flexibility index (Phi) is 7.61. The van der Waals surface area contributed by atoms with E-state index >= 15 is 0 Å². The highest BCUT2D eigenvalue weighted by molar-refractivity contribution is 7.78. The van der Waals surface area contributed by atoms with Gasteiger partial charge in [0.05, 0.1) is 5.16 Å². The van der Waals surface area contributed by atoms with E-state index in [2.05, 4.69) is 53.0 Å². The van der Waals surface area contributed by atoms with Crippen LogP contribution in [0, 0.1) is 29.5 Å². The molecule has 0 atom stereocenters. The van der Waals surface area contributed by atoms with Gasteiger partial charge in [0, 0.05) is 23.1 Å². The summed E-state index contributed by atoms with van der Waals surface area (Å²) < 4.78 is 13.7. The van der Waals surface area contributed by atoms with Gasteiger partial charge in [-0.15, -0.1) is 0 Å². The summed E-state index contributed by atoms with van der Waals surface area (Å²) in [7, 11) is 0. The molecule has 2 rings (SSSR count). The summed E-state index contributed by atoms with van der Waals surface area (Å²) in [6, 6.07) is 12.3. The number of aliphatic imine (C=N–C) groups is 1. The van der Waals surface area contributed by atoms with E-state index in [1.807, 2.05) is 24.3 Å². The zero-order chi connectivity index (χ0) is 17.9. The first-order chi connectivity index (χ1) is 12.2. The molecule has 0 aliphatic carbocycles. The van der Waals surface area contributed by atoms with Crippen molar-refractivity contribution in [1.82, 2.24) is 0 Å². The number of hydrogen-bond acceptors (Lipinski definition) is 2. The van der Waals surface area contributed by atoms with Crippen molar-refractivity contribution in [3.05, 3.63) is 65.0 Å². The topological polar surface area (TPSA) is 12.4 Å². The minimum absolute atomic E-state index is 0.169. The molecular weight excluding hydrogens is 329 g/mol. The molecule has 2 aromatic rings. The van der Waals surface area contributed by atoms with Gasteiger partial charge in [-0.25, -0.2) is 4.39 Å². The highest BCUT2D eigenvalue weighted by Gasteiger charge is 2.00.